The highest BCUT2D eigenvalue weighted by Gasteiger charge is 2.81. The van der Waals surface area contributed by atoms with E-state index in [4.69, 9.17) is 42.6 Å². The van der Waals surface area contributed by atoms with Gasteiger partial charge in [0, 0.05) is 45.5 Å². The van der Waals surface area contributed by atoms with E-state index in [2.05, 4.69) is 6.92 Å². The Morgan fingerprint density at radius 3 is 2.00 bits per heavy atom. The molecule has 3 heterocycles. The first kappa shape index (κ1) is 50.0. The van der Waals surface area contributed by atoms with Gasteiger partial charge >= 0.3 is 5.97 Å². The number of esters is 1. The van der Waals surface area contributed by atoms with E-state index in [0.29, 0.717) is 32.1 Å². The molecule has 0 aromatic carbocycles. The lowest BCUT2D eigenvalue weighted by atomic mass is 9.42. The van der Waals surface area contributed by atoms with Crippen LogP contribution in [0.3, 0.4) is 0 Å². The number of Topliss-reactive ketones (excluding diaryl/α,β-unsaturated/α-hetero) is 1. The minimum absolute atomic E-state index is 0.0398. The fourth-order valence-corrected chi connectivity index (χ4v) is 12.7. The van der Waals surface area contributed by atoms with E-state index in [1.165, 1.54) is 13.0 Å². The van der Waals surface area contributed by atoms with Gasteiger partial charge < -0.3 is 68.2 Å². The van der Waals surface area contributed by atoms with Crippen molar-refractivity contribution in [2.45, 2.75) is 229 Å². The van der Waals surface area contributed by atoms with Gasteiger partial charge in [0.1, 0.15) is 41.2 Å². The van der Waals surface area contributed by atoms with Crippen LogP contribution in [0.2, 0.25) is 0 Å². The Balaban J connectivity index is 0.995. The van der Waals surface area contributed by atoms with E-state index < -0.39 is 125 Å². The van der Waals surface area contributed by atoms with E-state index in [1.54, 1.807) is 28.1 Å². The summed E-state index contributed by atoms with van der Waals surface area (Å²) in [6, 6.07) is 0. The van der Waals surface area contributed by atoms with Crippen LogP contribution < -0.4 is 0 Å². The number of carbonyl (C=O) groups is 2. The second kappa shape index (κ2) is 18.5. The predicted molar refractivity (Wildman–Crippen MR) is 229 cm³/mol. The lowest BCUT2D eigenvalue weighted by molar-refractivity contribution is -0.337. The number of ketones is 1. The maximum atomic E-state index is 13.5. The molecule has 7 rings (SSSR count). The van der Waals surface area contributed by atoms with Crippen molar-refractivity contribution in [2.24, 2.45) is 22.7 Å². The molecule has 0 unspecified atom stereocenters. The monoisotopic (exact) mass is 909 g/mol. The molecular weight excluding hydrogens is 833 g/mol. The molecule has 3 saturated carbocycles. The molecule has 7 aliphatic rings. The summed E-state index contributed by atoms with van der Waals surface area (Å²) in [4.78, 5) is 26.7. The van der Waals surface area contributed by atoms with Crippen LogP contribution in [0.1, 0.15) is 127 Å². The molecule has 0 bridgehead atoms. The molecule has 64 heavy (non-hydrogen) atoms. The zero-order valence-corrected chi connectivity index (χ0v) is 39.7. The number of ether oxygens (including phenoxy) is 9. The van der Waals surface area contributed by atoms with Crippen molar-refractivity contribution in [3.05, 3.63) is 23.3 Å². The van der Waals surface area contributed by atoms with Crippen LogP contribution in [-0.2, 0) is 52.2 Å². The zero-order valence-electron chi connectivity index (χ0n) is 39.7. The van der Waals surface area contributed by atoms with Gasteiger partial charge in [0.25, 0.3) is 0 Å². The zero-order chi connectivity index (χ0) is 46.9. The highest BCUT2D eigenvalue weighted by atomic mass is 16.7. The average molecular weight is 909 g/mol. The summed E-state index contributed by atoms with van der Waals surface area (Å²) in [5, 5.41) is 59.6. The minimum atomic E-state index is -2.02. The molecule has 3 saturated heterocycles. The molecule has 3 aliphatic heterocycles. The maximum absolute atomic E-state index is 13.5. The summed E-state index contributed by atoms with van der Waals surface area (Å²) >= 11 is 0. The third-order valence-corrected chi connectivity index (χ3v) is 17.1. The maximum Gasteiger partial charge on any atom is 0.330 e. The fourth-order valence-electron chi connectivity index (χ4n) is 12.7. The van der Waals surface area contributed by atoms with Gasteiger partial charge in [-0.05, 0) is 97.8 Å². The Labute approximate surface area is 378 Å². The summed E-state index contributed by atoms with van der Waals surface area (Å²) < 4.78 is 55.4. The number of methoxy groups -OCH3 is 2. The average Bonchev–Trinajstić information content (AvgIpc) is 3.46. The first-order valence-electron chi connectivity index (χ1n) is 23.6. The molecule has 20 atom stereocenters. The Hall–Kier alpha value is -1.90. The van der Waals surface area contributed by atoms with Gasteiger partial charge in [0.05, 0.1) is 48.1 Å². The van der Waals surface area contributed by atoms with Crippen molar-refractivity contribution in [3.63, 3.8) is 0 Å². The summed E-state index contributed by atoms with van der Waals surface area (Å²) in [5.74, 6) is -1.63. The van der Waals surface area contributed by atoms with Crippen molar-refractivity contribution in [2.75, 3.05) is 14.2 Å². The molecule has 0 aromatic rings. The number of aliphatic hydroxyl groups is 5. The molecule has 5 N–H and O–H groups in total. The van der Waals surface area contributed by atoms with Crippen molar-refractivity contribution >= 4 is 11.8 Å². The number of hydrogen-bond acceptors (Lipinski definition) is 16. The first-order valence-corrected chi connectivity index (χ1v) is 23.6. The summed E-state index contributed by atoms with van der Waals surface area (Å²) in [6.07, 6.45) is -2.53. The van der Waals surface area contributed by atoms with E-state index in [0.717, 1.165) is 11.1 Å². The second-order valence-electron chi connectivity index (χ2n) is 20.8. The van der Waals surface area contributed by atoms with Gasteiger partial charge in [0.15, 0.2) is 24.7 Å². The van der Waals surface area contributed by atoms with Gasteiger partial charge in [-0.2, -0.15) is 0 Å². The van der Waals surface area contributed by atoms with E-state index in [9.17, 15) is 35.1 Å². The van der Waals surface area contributed by atoms with E-state index in [1.807, 2.05) is 40.7 Å². The minimum Gasteiger partial charge on any atom is -0.458 e. The van der Waals surface area contributed by atoms with Crippen molar-refractivity contribution in [1.29, 1.82) is 0 Å². The van der Waals surface area contributed by atoms with Crippen LogP contribution in [0.25, 0.3) is 0 Å². The molecule has 0 amide bonds. The number of hydrogen-bond donors (Lipinski definition) is 5. The SMILES string of the molecule is CO[C@H]1C[C@H](O[C@H]2[C@@H](O)C[C@H](O[C@H]3CC[C@@]4(C)C(=CC[C@]5(O)[C@@H]4C[C@@H](OC(=O)C=C(C)C(C)C)[C@@]4(C)[C@]5(O)CC[C@@]4(O)C(C)=O)C3)O[C@@H]2C)O[C@H](C)[C@H]1O[C@H]1C[C@@H](OC)[C@H](O)[C@@H](C)O1. The molecule has 16 nitrogen and oxygen atoms in total. The van der Waals surface area contributed by atoms with Crippen LogP contribution in [0.5, 0.6) is 0 Å². The number of allylic oxidation sites excluding steroid dienone is 1. The van der Waals surface area contributed by atoms with Crippen LogP contribution in [0.4, 0.5) is 0 Å². The number of fused-ring (bicyclic) bond motifs is 5. The summed E-state index contributed by atoms with van der Waals surface area (Å²) in [7, 11) is 3.15. The van der Waals surface area contributed by atoms with Crippen LogP contribution >= 0.6 is 0 Å². The van der Waals surface area contributed by atoms with Crippen LogP contribution in [0, 0.1) is 22.7 Å². The molecule has 4 aliphatic carbocycles. The highest BCUT2D eigenvalue weighted by molar-refractivity contribution is 5.87. The summed E-state index contributed by atoms with van der Waals surface area (Å²) in [5.41, 5.74) is -6.15. The van der Waals surface area contributed by atoms with Gasteiger partial charge in [-0.15, -0.1) is 0 Å². The van der Waals surface area contributed by atoms with Gasteiger partial charge in [-0.25, -0.2) is 4.79 Å². The van der Waals surface area contributed by atoms with Gasteiger partial charge in [0.2, 0.25) is 0 Å². The Bertz CT molecular complexity index is 1760. The third kappa shape index (κ3) is 8.40. The van der Waals surface area contributed by atoms with Crippen molar-refractivity contribution in [3.8, 4) is 0 Å². The third-order valence-electron chi connectivity index (χ3n) is 17.1. The summed E-state index contributed by atoms with van der Waals surface area (Å²) in [6.45, 7) is 16.2. The van der Waals surface area contributed by atoms with E-state index in [-0.39, 0.29) is 44.1 Å². The molecule has 16 heteroatoms. The van der Waals surface area contributed by atoms with E-state index >= 15 is 0 Å². The van der Waals surface area contributed by atoms with Gasteiger partial charge in [-0.1, -0.05) is 38.0 Å². The Morgan fingerprint density at radius 1 is 0.797 bits per heavy atom. The molecule has 0 spiro atoms. The Morgan fingerprint density at radius 2 is 1.39 bits per heavy atom. The largest absolute Gasteiger partial charge is 0.458 e. The predicted octanol–water partition coefficient (Wildman–Crippen LogP) is 3.94. The number of carbonyl (C=O) groups excluding carboxylic acids is 2. The van der Waals surface area contributed by atoms with Crippen molar-refractivity contribution < 1.29 is 77.8 Å². The standard InChI is InChI=1S/C48H76O16/c1-24(2)25(3)18-37(51)62-36-23-35-44(8)14-13-31(19-30(44)12-15-47(35,54)48(55)17-16-46(53,29(7)49)45(36,48)9)61-38-20-32(50)42(27(5)59-38)63-40-22-34(57-11)43(28(6)60-40)64-39-21-33(56-10)41(52)26(4)58-39/h12,18,24,26-28,31-36,38-43,50,52-55H,13-17,19-23H2,1-11H3/t26-,27-,28-,31+,32+,33-,34+,35-,36-,38+,39+,40+,41-,42-,43-,44+,45-,46-,47+,48-/m1/s1. The van der Waals surface area contributed by atoms with Gasteiger partial charge in [-0.3, -0.25) is 4.79 Å². The molecule has 0 aromatic heterocycles. The van der Waals surface area contributed by atoms with Crippen LogP contribution in [0.15, 0.2) is 23.3 Å². The molecule has 0 radical (unpaired) electrons. The molecule has 6 fully saturated rings. The second-order valence-corrected chi connectivity index (χ2v) is 20.8. The molecule has 364 valence electrons. The lowest BCUT2D eigenvalue weighted by Gasteiger charge is -2.67. The van der Waals surface area contributed by atoms with Crippen LogP contribution in [-0.4, -0.2) is 154 Å². The highest BCUT2D eigenvalue weighted by Crippen LogP contribution is 2.71. The quantitative estimate of drug-likeness (QED) is 0.106. The van der Waals surface area contributed by atoms with Crippen molar-refractivity contribution in [1.82, 2.24) is 0 Å². The number of aliphatic hydroxyl groups excluding tert-OH is 2. The lowest BCUT2D eigenvalue weighted by Crippen LogP contribution is -2.78. The number of rotatable bonds is 12. The normalized spacial score (nSPS) is 49.7. The Kier molecular flexibility index (Phi) is 14.5. The smallest absolute Gasteiger partial charge is 0.330 e. The molecular formula is C48H76O16. The topological polar surface area (TPSA) is 218 Å². The first-order chi connectivity index (χ1) is 30.0. The fraction of sp³-hybridized carbons (Fsp3) is 0.875.